The summed E-state index contributed by atoms with van der Waals surface area (Å²) in [6, 6.07) is 8.64. The second-order valence-electron chi connectivity index (χ2n) is 8.07. The zero-order valence-electron chi connectivity index (χ0n) is 16.7. The molecule has 3 N–H and O–H groups in total. The van der Waals surface area contributed by atoms with Gasteiger partial charge >= 0.3 is 0 Å². The molecule has 3 aromatic rings. The average molecular weight is 443 g/mol. The molecule has 0 saturated carbocycles. The Morgan fingerprint density at radius 1 is 1.32 bits per heavy atom. The van der Waals surface area contributed by atoms with Crippen LogP contribution in [0.5, 0.6) is 0 Å². The number of aryl methyl sites for hydroxylation is 2. The molecule has 1 aromatic heterocycles. The number of rotatable bonds is 4. The van der Waals surface area contributed by atoms with Crippen molar-refractivity contribution in [2.24, 2.45) is 5.73 Å². The molecule has 1 aliphatic heterocycles. The number of carbonyl (C=O) groups excluding carboxylic acids is 1. The lowest BCUT2D eigenvalue weighted by Crippen LogP contribution is -2.66. The first-order chi connectivity index (χ1) is 14.8. The largest absolute Gasteiger partial charge is 0.376 e. The molecule has 2 aromatic carbocycles. The fourth-order valence-electron chi connectivity index (χ4n) is 4.12. The Morgan fingerprint density at radius 3 is 2.81 bits per heavy atom. The number of amides is 1. The molecule has 1 saturated heterocycles. The third-order valence-corrected chi connectivity index (χ3v) is 6.03. The van der Waals surface area contributed by atoms with E-state index in [-0.39, 0.29) is 41.6 Å². The van der Waals surface area contributed by atoms with Gasteiger partial charge in [-0.15, -0.1) is 0 Å². The maximum absolute atomic E-state index is 14.8. The predicted molar refractivity (Wildman–Crippen MR) is 112 cm³/mol. The van der Waals surface area contributed by atoms with Gasteiger partial charge in [-0.25, -0.2) is 4.39 Å². The topological polar surface area (TPSA) is 103 Å². The summed E-state index contributed by atoms with van der Waals surface area (Å²) in [5.41, 5.74) is 8.80. The van der Waals surface area contributed by atoms with Crippen LogP contribution in [0.1, 0.15) is 29.5 Å². The van der Waals surface area contributed by atoms with E-state index in [4.69, 9.17) is 26.6 Å². The molecule has 0 spiro atoms. The van der Waals surface area contributed by atoms with Crippen molar-refractivity contribution in [2.45, 2.75) is 31.3 Å². The quantitative estimate of drug-likeness (QED) is 0.642. The molecular weight excluding hydrogens is 423 g/mol. The van der Waals surface area contributed by atoms with Crippen LogP contribution in [0.25, 0.3) is 22.5 Å². The van der Waals surface area contributed by atoms with E-state index in [0.29, 0.717) is 11.5 Å². The third kappa shape index (κ3) is 3.50. The van der Waals surface area contributed by atoms with Crippen LogP contribution in [0.15, 0.2) is 34.9 Å². The third-order valence-electron chi connectivity index (χ3n) is 5.81. The van der Waals surface area contributed by atoms with E-state index in [1.165, 1.54) is 6.07 Å². The van der Waals surface area contributed by atoms with Gasteiger partial charge in [0.2, 0.25) is 17.6 Å². The van der Waals surface area contributed by atoms with Crippen LogP contribution >= 0.6 is 11.6 Å². The summed E-state index contributed by atoms with van der Waals surface area (Å²) < 4.78 is 25.0. The van der Waals surface area contributed by atoms with E-state index in [2.05, 4.69) is 15.5 Å². The summed E-state index contributed by atoms with van der Waals surface area (Å²) >= 11 is 6.15. The van der Waals surface area contributed by atoms with Crippen molar-refractivity contribution in [1.82, 2.24) is 15.5 Å². The first-order valence-corrected chi connectivity index (χ1v) is 10.3. The Kier molecular flexibility index (Phi) is 4.80. The number of nitrogens with two attached hydrogens (primary N) is 1. The van der Waals surface area contributed by atoms with Gasteiger partial charge in [-0.2, -0.15) is 4.98 Å². The normalized spacial score (nSPS) is 19.0. The van der Waals surface area contributed by atoms with Crippen molar-refractivity contribution in [1.29, 1.82) is 0 Å². The van der Waals surface area contributed by atoms with Crippen molar-refractivity contribution in [3.8, 4) is 22.5 Å². The van der Waals surface area contributed by atoms with Gasteiger partial charge in [-0.3, -0.25) is 4.79 Å². The number of ether oxygens (including phenoxy) is 1. The van der Waals surface area contributed by atoms with Crippen LogP contribution in [-0.2, 0) is 16.0 Å². The molecule has 0 radical (unpaired) electrons. The van der Waals surface area contributed by atoms with Gasteiger partial charge < -0.3 is 20.3 Å². The van der Waals surface area contributed by atoms with Crippen molar-refractivity contribution >= 4 is 17.5 Å². The molecule has 1 amide bonds. The van der Waals surface area contributed by atoms with Gasteiger partial charge in [0.05, 0.1) is 24.8 Å². The Morgan fingerprint density at radius 2 is 2.13 bits per heavy atom. The van der Waals surface area contributed by atoms with Gasteiger partial charge in [0.1, 0.15) is 11.4 Å². The molecule has 1 atom stereocenters. The van der Waals surface area contributed by atoms with E-state index >= 15 is 0 Å². The highest BCUT2D eigenvalue weighted by molar-refractivity contribution is 6.31. The fourth-order valence-corrected chi connectivity index (χ4v) is 4.32. The molecule has 31 heavy (non-hydrogen) atoms. The van der Waals surface area contributed by atoms with Crippen LogP contribution in [0, 0.1) is 12.7 Å². The molecule has 7 nitrogen and oxygen atoms in total. The second-order valence-corrected chi connectivity index (χ2v) is 8.51. The second kappa shape index (κ2) is 7.40. The van der Waals surface area contributed by atoms with Crippen molar-refractivity contribution in [2.75, 3.05) is 13.2 Å². The molecule has 2 aliphatic rings. The molecule has 2 heterocycles. The molecule has 9 heteroatoms. The number of hydrogen-bond donors (Lipinski definition) is 2. The van der Waals surface area contributed by atoms with Crippen LogP contribution < -0.4 is 11.1 Å². The smallest absolute Gasteiger partial charge is 0.245 e. The standard InChI is InChI=1S/C22H20ClFN4O3/c1-11-26-20(28-31-11)19-16(7-14(23)8-17(19)24)13-2-4-15-12(6-13)3-5-18(15)27-21(29)22(25)9-30-10-22/h2,4,6-8,18H,3,5,9-10,25H2,1H3,(H,27,29)/t18-/m0/s1. The SMILES string of the molecule is Cc1nc(-c2c(F)cc(Cl)cc2-c2ccc3c(c2)CC[C@@H]3NC(=O)C2(N)COC2)no1. The highest BCUT2D eigenvalue weighted by Gasteiger charge is 2.43. The monoisotopic (exact) mass is 442 g/mol. The van der Waals surface area contributed by atoms with Gasteiger partial charge in [-0.05, 0) is 47.2 Å². The summed E-state index contributed by atoms with van der Waals surface area (Å²) in [4.78, 5) is 16.7. The van der Waals surface area contributed by atoms with Crippen LogP contribution in [0.3, 0.4) is 0 Å². The Hall–Kier alpha value is -2.81. The zero-order valence-corrected chi connectivity index (χ0v) is 17.5. The summed E-state index contributed by atoms with van der Waals surface area (Å²) in [7, 11) is 0. The van der Waals surface area contributed by atoms with E-state index in [0.717, 1.165) is 29.5 Å². The van der Waals surface area contributed by atoms with Crippen molar-refractivity contribution in [3.63, 3.8) is 0 Å². The summed E-state index contributed by atoms with van der Waals surface area (Å²) in [5, 5.41) is 7.19. The van der Waals surface area contributed by atoms with Crippen molar-refractivity contribution in [3.05, 3.63) is 58.2 Å². The first-order valence-electron chi connectivity index (χ1n) is 9.94. The maximum atomic E-state index is 14.8. The molecule has 1 fully saturated rings. The van der Waals surface area contributed by atoms with E-state index < -0.39 is 11.4 Å². The Labute approximate surface area is 182 Å². The van der Waals surface area contributed by atoms with Crippen molar-refractivity contribution < 1.29 is 18.4 Å². The molecule has 1 aliphatic carbocycles. The number of nitrogens with zero attached hydrogens (tertiary/aromatic N) is 2. The zero-order chi connectivity index (χ0) is 21.8. The molecular formula is C22H20ClFN4O3. The van der Waals surface area contributed by atoms with Crippen LogP contribution in [0.2, 0.25) is 5.02 Å². The Bertz CT molecular complexity index is 1190. The van der Waals surface area contributed by atoms with Gasteiger partial charge in [0.15, 0.2) is 0 Å². The molecule has 0 bridgehead atoms. The maximum Gasteiger partial charge on any atom is 0.245 e. The molecule has 0 unspecified atom stereocenters. The van der Waals surface area contributed by atoms with E-state index in [9.17, 15) is 9.18 Å². The highest BCUT2D eigenvalue weighted by atomic mass is 35.5. The summed E-state index contributed by atoms with van der Waals surface area (Å²) in [5.74, 6) is -0.210. The predicted octanol–water partition coefficient (Wildman–Crippen LogP) is 3.34. The summed E-state index contributed by atoms with van der Waals surface area (Å²) in [6.45, 7) is 2.11. The fraction of sp³-hybridized carbons (Fsp3) is 0.318. The van der Waals surface area contributed by atoms with Gasteiger partial charge in [-0.1, -0.05) is 35.0 Å². The number of nitrogens with one attached hydrogen (secondary N) is 1. The number of fused-ring (bicyclic) bond motifs is 1. The minimum Gasteiger partial charge on any atom is -0.376 e. The number of carbonyl (C=O) groups is 1. The van der Waals surface area contributed by atoms with Gasteiger partial charge in [0, 0.05) is 11.9 Å². The minimum atomic E-state index is -0.946. The van der Waals surface area contributed by atoms with Crippen LogP contribution in [0.4, 0.5) is 4.39 Å². The average Bonchev–Trinajstić information content (AvgIpc) is 3.31. The summed E-state index contributed by atoms with van der Waals surface area (Å²) in [6.07, 6.45) is 1.55. The molecule has 5 rings (SSSR count). The lowest BCUT2D eigenvalue weighted by atomic mass is 9.94. The Balaban J connectivity index is 1.49. The first kappa shape index (κ1) is 20.1. The lowest BCUT2D eigenvalue weighted by molar-refractivity contribution is -0.144. The lowest BCUT2D eigenvalue weighted by Gasteiger charge is -2.36. The number of hydrogen-bond acceptors (Lipinski definition) is 6. The van der Waals surface area contributed by atoms with Crippen LogP contribution in [-0.4, -0.2) is 34.8 Å². The minimum absolute atomic E-state index is 0.118. The number of aromatic nitrogens is 2. The molecule has 160 valence electrons. The van der Waals surface area contributed by atoms with Gasteiger partial charge in [0.25, 0.3) is 0 Å². The van der Waals surface area contributed by atoms with E-state index in [1.807, 2.05) is 18.2 Å². The number of benzene rings is 2. The number of halogens is 2. The highest BCUT2D eigenvalue weighted by Crippen LogP contribution is 2.39. The van der Waals surface area contributed by atoms with E-state index in [1.54, 1.807) is 13.0 Å².